The van der Waals surface area contributed by atoms with Crippen LogP contribution < -0.4 is 10.1 Å². The summed E-state index contributed by atoms with van der Waals surface area (Å²) in [6.45, 7) is -1.01. The van der Waals surface area contributed by atoms with Crippen LogP contribution >= 0.6 is 11.6 Å². The number of rotatable bonds is 11. The summed E-state index contributed by atoms with van der Waals surface area (Å²) >= 11 is 6.00. The van der Waals surface area contributed by atoms with Gasteiger partial charge in [-0.2, -0.15) is 13.9 Å². The Morgan fingerprint density at radius 3 is 2.82 bits per heavy atom. The van der Waals surface area contributed by atoms with E-state index in [1.54, 1.807) is 16.9 Å². The van der Waals surface area contributed by atoms with Crippen molar-refractivity contribution in [2.24, 2.45) is 0 Å². The zero-order chi connectivity index (χ0) is 24.0. The molecule has 0 aliphatic rings. The van der Waals surface area contributed by atoms with Gasteiger partial charge in [0, 0.05) is 37.1 Å². The van der Waals surface area contributed by atoms with E-state index in [0.29, 0.717) is 35.1 Å². The molecule has 13 heteroatoms. The Kier molecular flexibility index (Phi) is 8.03. The first-order chi connectivity index (χ1) is 15.7. The smallest absolute Gasteiger partial charge is 0.340 e. The average molecular weight is 490 g/mol. The van der Waals surface area contributed by atoms with Gasteiger partial charge in [-0.05, 0) is 24.1 Å². The molecular weight excluding hydrogens is 470 g/mol. The monoisotopic (exact) mass is 489 g/mol. The van der Waals surface area contributed by atoms with Crippen LogP contribution in [-0.4, -0.2) is 62.9 Å². The maximum atomic E-state index is 13.0. The van der Waals surface area contributed by atoms with Crippen LogP contribution in [-0.2, 0) is 17.8 Å². The highest BCUT2D eigenvalue weighted by atomic mass is 35.5. The van der Waals surface area contributed by atoms with E-state index in [1.165, 1.54) is 18.5 Å². The summed E-state index contributed by atoms with van der Waals surface area (Å²) in [5.74, 6) is -4.94. The number of ether oxygens (including phenoxy) is 1. The van der Waals surface area contributed by atoms with Crippen molar-refractivity contribution >= 4 is 28.4 Å². The molecule has 0 aliphatic heterocycles. The molecule has 0 atom stereocenters. The molecule has 0 bridgehead atoms. The van der Waals surface area contributed by atoms with Gasteiger partial charge < -0.3 is 15.2 Å². The highest BCUT2D eigenvalue weighted by Gasteiger charge is 2.42. The molecule has 3 heterocycles. The Hall–Kier alpha value is -2.99. The summed E-state index contributed by atoms with van der Waals surface area (Å²) in [7, 11) is 0. The minimum atomic E-state index is -4.32. The number of amides is 1. The molecule has 2 N–H and O–H groups in total. The average Bonchev–Trinajstić information content (AvgIpc) is 3.17. The Bertz CT molecular complexity index is 1110. The van der Waals surface area contributed by atoms with Gasteiger partial charge >= 0.3 is 12.3 Å². The minimum absolute atomic E-state index is 0.0188. The van der Waals surface area contributed by atoms with Crippen molar-refractivity contribution in [1.82, 2.24) is 25.1 Å². The minimum Gasteiger partial charge on any atom is -0.470 e. The standard InChI is InChI=1S/C20H20ClF4N5O3/c21-14-6-12(8-28-18(14)33-11-20(24,25)19(22)23)9-30-10-13-15(29-30)2-4-26-16(13)7-17(32)27-3-1-5-31/h2,4,6,8,10,19,31H,1,3,5,7,9,11H2,(H,27,32). The predicted molar refractivity (Wildman–Crippen MR) is 111 cm³/mol. The van der Waals surface area contributed by atoms with Gasteiger partial charge in [-0.25, -0.2) is 13.8 Å². The van der Waals surface area contributed by atoms with Crippen molar-refractivity contribution in [3.8, 4) is 5.88 Å². The van der Waals surface area contributed by atoms with Gasteiger partial charge in [0.05, 0.1) is 24.2 Å². The lowest BCUT2D eigenvalue weighted by atomic mass is 10.2. The van der Waals surface area contributed by atoms with Gasteiger partial charge in [-0.15, -0.1) is 0 Å². The van der Waals surface area contributed by atoms with Crippen LogP contribution in [0.15, 0.2) is 30.7 Å². The van der Waals surface area contributed by atoms with Crippen molar-refractivity contribution in [3.63, 3.8) is 0 Å². The number of alkyl halides is 4. The SMILES string of the molecule is O=C(Cc1nccc2nn(Cc3cnc(OCC(F)(F)C(F)F)c(Cl)c3)cc12)NCCCO. The maximum absolute atomic E-state index is 13.0. The van der Waals surface area contributed by atoms with E-state index in [9.17, 15) is 22.4 Å². The lowest BCUT2D eigenvalue weighted by molar-refractivity contribution is -0.148. The Morgan fingerprint density at radius 2 is 2.12 bits per heavy atom. The number of halogens is 5. The van der Waals surface area contributed by atoms with Gasteiger partial charge in [0.1, 0.15) is 5.02 Å². The van der Waals surface area contributed by atoms with E-state index < -0.39 is 19.0 Å². The largest absolute Gasteiger partial charge is 0.470 e. The normalized spacial score (nSPS) is 11.8. The van der Waals surface area contributed by atoms with Gasteiger partial charge in [0.25, 0.3) is 0 Å². The van der Waals surface area contributed by atoms with E-state index in [-0.39, 0.29) is 36.4 Å². The van der Waals surface area contributed by atoms with Crippen LogP contribution in [0.3, 0.4) is 0 Å². The molecular formula is C20H20ClF4N5O3. The molecule has 0 unspecified atom stereocenters. The number of fused-ring (bicyclic) bond motifs is 1. The first-order valence-corrected chi connectivity index (χ1v) is 10.2. The molecule has 178 valence electrons. The van der Waals surface area contributed by atoms with Crippen LogP contribution in [0.25, 0.3) is 10.9 Å². The molecule has 0 saturated carbocycles. The van der Waals surface area contributed by atoms with Crippen molar-refractivity contribution in [3.05, 3.63) is 47.0 Å². The molecule has 3 aromatic rings. The summed E-state index contributed by atoms with van der Waals surface area (Å²) in [6.07, 6.45) is 1.17. The Balaban J connectivity index is 1.69. The number of hydrogen-bond acceptors (Lipinski definition) is 6. The molecule has 3 rings (SSSR count). The summed E-state index contributed by atoms with van der Waals surface area (Å²) < 4.78 is 56.8. The molecule has 1 amide bonds. The van der Waals surface area contributed by atoms with Crippen LogP contribution in [0.1, 0.15) is 17.7 Å². The second-order valence-electron chi connectivity index (χ2n) is 7.10. The van der Waals surface area contributed by atoms with E-state index in [4.69, 9.17) is 16.7 Å². The second-order valence-corrected chi connectivity index (χ2v) is 7.51. The number of aliphatic hydroxyl groups excluding tert-OH is 1. The van der Waals surface area contributed by atoms with Gasteiger partial charge in [0.15, 0.2) is 6.61 Å². The number of nitrogens with one attached hydrogen (secondary N) is 1. The van der Waals surface area contributed by atoms with Crippen molar-refractivity contribution < 1.29 is 32.2 Å². The first-order valence-electron chi connectivity index (χ1n) is 9.81. The van der Waals surface area contributed by atoms with E-state index in [2.05, 4.69) is 25.1 Å². The number of carbonyl (C=O) groups is 1. The summed E-state index contributed by atoms with van der Waals surface area (Å²) in [4.78, 5) is 20.1. The fourth-order valence-electron chi connectivity index (χ4n) is 2.86. The number of carbonyl (C=O) groups excluding carboxylic acids is 1. The molecule has 3 aromatic heterocycles. The molecule has 0 spiro atoms. The van der Waals surface area contributed by atoms with E-state index in [1.807, 2.05) is 0 Å². The van der Waals surface area contributed by atoms with E-state index >= 15 is 0 Å². The summed E-state index contributed by atoms with van der Waals surface area (Å²) in [6, 6.07) is 3.09. The van der Waals surface area contributed by atoms with Gasteiger partial charge in [-0.1, -0.05) is 11.6 Å². The molecule has 0 fully saturated rings. The number of pyridine rings is 2. The van der Waals surface area contributed by atoms with Crippen LogP contribution in [0.2, 0.25) is 5.02 Å². The van der Waals surface area contributed by atoms with Crippen molar-refractivity contribution in [1.29, 1.82) is 0 Å². The fraction of sp³-hybridized carbons (Fsp3) is 0.400. The van der Waals surface area contributed by atoms with Crippen LogP contribution in [0.5, 0.6) is 5.88 Å². The lowest BCUT2D eigenvalue weighted by Gasteiger charge is -2.16. The van der Waals surface area contributed by atoms with Crippen molar-refractivity contribution in [2.45, 2.75) is 31.7 Å². The van der Waals surface area contributed by atoms with Gasteiger partial charge in [0.2, 0.25) is 11.8 Å². The number of aromatic nitrogens is 4. The molecule has 0 aromatic carbocycles. The highest BCUT2D eigenvalue weighted by molar-refractivity contribution is 6.31. The van der Waals surface area contributed by atoms with E-state index in [0.717, 1.165) is 0 Å². The lowest BCUT2D eigenvalue weighted by Crippen LogP contribution is -2.34. The maximum Gasteiger partial charge on any atom is 0.340 e. The zero-order valence-corrected chi connectivity index (χ0v) is 17.9. The number of hydrogen-bond donors (Lipinski definition) is 2. The highest BCUT2D eigenvalue weighted by Crippen LogP contribution is 2.28. The number of nitrogens with zero attached hydrogens (tertiary/aromatic N) is 4. The molecule has 8 nitrogen and oxygen atoms in total. The molecule has 33 heavy (non-hydrogen) atoms. The molecule has 0 radical (unpaired) electrons. The third-order valence-corrected chi connectivity index (χ3v) is 4.75. The topological polar surface area (TPSA) is 102 Å². The quantitative estimate of drug-likeness (QED) is 0.317. The van der Waals surface area contributed by atoms with Gasteiger partial charge in [-0.3, -0.25) is 14.5 Å². The van der Waals surface area contributed by atoms with Crippen LogP contribution in [0.4, 0.5) is 17.6 Å². The van der Waals surface area contributed by atoms with Crippen molar-refractivity contribution in [2.75, 3.05) is 19.8 Å². The Morgan fingerprint density at radius 1 is 1.33 bits per heavy atom. The zero-order valence-electron chi connectivity index (χ0n) is 17.1. The first kappa shape index (κ1) is 24.6. The number of aliphatic hydroxyl groups is 1. The third-order valence-electron chi connectivity index (χ3n) is 4.48. The predicted octanol–water partition coefficient (Wildman–Crippen LogP) is 2.85. The van der Waals surface area contributed by atoms with Crippen LogP contribution in [0, 0.1) is 0 Å². The fourth-order valence-corrected chi connectivity index (χ4v) is 3.11. The molecule has 0 saturated heterocycles. The summed E-state index contributed by atoms with van der Waals surface area (Å²) in [5.41, 5.74) is 1.69. The third kappa shape index (κ3) is 6.51. The second kappa shape index (κ2) is 10.8. The summed E-state index contributed by atoms with van der Waals surface area (Å²) in [5, 5.41) is 16.5. The Labute approximate surface area is 190 Å². The molecule has 0 aliphatic carbocycles.